The Balaban J connectivity index is 2.62. The Morgan fingerprint density at radius 1 is 1.47 bits per heavy atom. The van der Waals surface area contributed by atoms with Gasteiger partial charge in [0.05, 0.1) is 16.9 Å². The number of carbonyl (C=O) groups is 2. The molecule has 0 aromatic carbocycles. The molecule has 0 fully saturated rings. The second kappa shape index (κ2) is 6.16. The molecule has 1 heterocycles. The first-order chi connectivity index (χ1) is 8.75. The van der Waals surface area contributed by atoms with Crippen LogP contribution in [0.3, 0.4) is 0 Å². The zero-order valence-electron chi connectivity index (χ0n) is 11.3. The van der Waals surface area contributed by atoms with E-state index in [2.05, 4.69) is 5.32 Å². The predicted octanol–water partition coefficient (Wildman–Crippen LogP) is 1.57. The molecule has 0 saturated carbocycles. The van der Waals surface area contributed by atoms with Crippen LogP contribution in [0, 0.1) is 6.92 Å². The van der Waals surface area contributed by atoms with E-state index in [9.17, 15) is 14.7 Å². The molecule has 106 valence electrons. The van der Waals surface area contributed by atoms with Crippen molar-refractivity contribution in [1.29, 1.82) is 0 Å². The van der Waals surface area contributed by atoms with Crippen molar-refractivity contribution in [3.8, 4) is 0 Å². The fourth-order valence-corrected chi connectivity index (χ4v) is 2.76. The molecule has 0 aliphatic carbocycles. The summed E-state index contributed by atoms with van der Waals surface area (Å²) in [7, 11) is 0. The number of carboxylic acid groups (broad SMARTS) is 1. The van der Waals surface area contributed by atoms with Crippen LogP contribution >= 0.6 is 11.3 Å². The normalized spacial score (nSPS) is 13.9. The Hall–Kier alpha value is -1.40. The van der Waals surface area contributed by atoms with E-state index in [1.165, 1.54) is 18.3 Å². The summed E-state index contributed by atoms with van der Waals surface area (Å²) in [5.41, 5.74) is -0.364. The summed E-state index contributed by atoms with van der Waals surface area (Å²) in [6.07, 6.45) is 0.470. The molecule has 1 rings (SSSR count). The number of rotatable bonds is 6. The smallest absolute Gasteiger partial charge is 0.306 e. The van der Waals surface area contributed by atoms with E-state index in [0.717, 1.165) is 16.9 Å². The molecule has 3 N–H and O–H groups in total. The summed E-state index contributed by atoms with van der Waals surface area (Å²) in [6.45, 7) is 5.28. The molecule has 0 radical (unpaired) electrons. The zero-order chi connectivity index (χ0) is 14.6. The van der Waals surface area contributed by atoms with Gasteiger partial charge >= 0.3 is 5.97 Å². The van der Waals surface area contributed by atoms with E-state index in [-0.39, 0.29) is 12.5 Å². The zero-order valence-corrected chi connectivity index (χ0v) is 12.1. The van der Waals surface area contributed by atoms with Crippen molar-refractivity contribution in [3.63, 3.8) is 0 Å². The van der Waals surface area contributed by atoms with Gasteiger partial charge in [-0.15, -0.1) is 11.3 Å². The van der Waals surface area contributed by atoms with Gasteiger partial charge in [0.1, 0.15) is 0 Å². The number of nitrogens with one attached hydrogen (secondary N) is 1. The van der Waals surface area contributed by atoms with Gasteiger partial charge in [0, 0.05) is 11.4 Å². The Bertz CT molecular complexity index is 479. The van der Waals surface area contributed by atoms with Crippen molar-refractivity contribution < 1.29 is 19.8 Å². The van der Waals surface area contributed by atoms with Crippen LogP contribution in [0.4, 0.5) is 0 Å². The maximum Gasteiger partial charge on any atom is 0.306 e. The fraction of sp³-hybridized carbons (Fsp3) is 0.538. The van der Waals surface area contributed by atoms with Gasteiger partial charge in [-0.05, 0) is 31.9 Å². The quantitative estimate of drug-likeness (QED) is 0.740. The van der Waals surface area contributed by atoms with Gasteiger partial charge in [-0.3, -0.25) is 9.59 Å². The lowest BCUT2D eigenvalue weighted by Crippen LogP contribution is -2.41. The minimum atomic E-state index is -1.44. The van der Waals surface area contributed by atoms with Crippen LogP contribution in [0.2, 0.25) is 0 Å². The molecule has 0 spiro atoms. The third-order valence-corrected chi connectivity index (χ3v) is 4.11. The fourth-order valence-electron chi connectivity index (χ4n) is 1.73. The first-order valence-corrected chi connectivity index (χ1v) is 6.88. The number of aliphatic carboxylic acids is 1. The third-order valence-electron chi connectivity index (χ3n) is 2.73. The standard InChI is InChI=1S/C13H19NO4S/c1-4-9-8(2)5-10(19-9)12(17)14-7-13(3,18)6-11(15)16/h5,18H,4,6-7H2,1-3H3,(H,14,17)(H,15,16). The van der Waals surface area contributed by atoms with Gasteiger partial charge in [0.15, 0.2) is 0 Å². The van der Waals surface area contributed by atoms with E-state index >= 15 is 0 Å². The van der Waals surface area contributed by atoms with Crippen LogP contribution in [0.15, 0.2) is 6.07 Å². The predicted molar refractivity (Wildman–Crippen MR) is 73.6 cm³/mol. The molecule has 0 aliphatic rings. The average molecular weight is 285 g/mol. The van der Waals surface area contributed by atoms with E-state index < -0.39 is 18.0 Å². The van der Waals surface area contributed by atoms with Crippen molar-refractivity contribution >= 4 is 23.2 Å². The number of amides is 1. The molecule has 1 atom stereocenters. The summed E-state index contributed by atoms with van der Waals surface area (Å²) in [6, 6.07) is 1.81. The number of hydrogen-bond donors (Lipinski definition) is 3. The monoisotopic (exact) mass is 285 g/mol. The van der Waals surface area contributed by atoms with Gasteiger partial charge < -0.3 is 15.5 Å². The second-order valence-corrected chi connectivity index (χ2v) is 5.96. The molecule has 6 heteroatoms. The van der Waals surface area contributed by atoms with E-state index in [1.54, 1.807) is 0 Å². The highest BCUT2D eigenvalue weighted by atomic mass is 32.1. The Morgan fingerprint density at radius 3 is 2.58 bits per heavy atom. The second-order valence-electron chi connectivity index (χ2n) is 4.82. The van der Waals surface area contributed by atoms with Gasteiger partial charge in [-0.25, -0.2) is 0 Å². The lowest BCUT2D eigenvalue weighted by Gasteiger charge is -2.21. The molecular formula is C13H19NO4S. The molecule has 1 aromatic rings. The molecule has 1 amide bonds. The minimum Gasteiger partial charge on any atom is -0.481 e. The third kappa shape index (κ3) is 4.65. The number of hydrogen-bond acceptors (Lipinski definition) is 4. The minimum absolute atomic E-state index is 0.0868. The molecule has 1 aromatic heterocycles. The van der Waals surface area contributed by atoms with Crippen LogP contribution in [0.1, 0.15) is 40.4 Å². The topological polar surface area (TPSA) is 86.6 Å². The Kier molecular flexibility index (Phi) is 5.08. The summed E-state index contributed by atoms with van der Waals surface area (Å²) in [4.78, 5) is 24.2. The van der Waals surface area contributed by atoms with Gasteiger partial charge in [0.2, 0.25) is 0 Å². The van der Waals surface area contributed by atoms with Crippen LogP contribution in [0.25, 0.3) is 0 Å². The van der Waals surface area contributed by atoms with Crippen LogP contribution < -0.4 is 5.32 Å². The highest BCUT2D eigenvalue weighted by Crippen LogP contribution is 2.22. The largest absolute Gasteiger partial charge is 0.481 e. The van der Waals surface area contributed by atoms with Gasteiger partial charge in [0.25, 0.3) is 5.91 Å². The Labute approximate surface area is 116 Å². The number of carbonyl (C=O) groups excluding carboxylic acids is 1. The Morgan fingerprint density at radius 2 is 2.11 bits per heavy atom. The molecule has 1 unspecified atom stereocenters. The molecule has 0 saturated heterocycles. The molecule has 0 bridgehead atoms. The van der Waals surface area contributed by atoms with Crippen LogP contribution in [-0.4, -0.2) is 34.2 Å². The lowest BCUT2D eigenvalue weighted by molar-refractivity contribution is -0.141. The first kappa shape index (κ1) is 15.7. The van der Waals surface area contributed by atoms with E-state index in [0.29, 0.717) is 4.88 Å². The van der Waals surface area contributed by atoms with Crippen molar-refractivity contribution in [2.24, 2.45) is 0 Å². The van der Waals surface area contributed by atoms with Crippen LogP contribution in [-0.2, 0) is 11.2 Å². The van der Waals surface area contributed by atoms with Crippen LogP contribution in [0.5, 0.6) is 0 Å². The highest BCUT2D eigenvalue weighted by molar-refractivity contribution is 7.14. The SMILES string of the molecule is CCc1sc(C(=O)NCC(C)(O)CC(=O)O)cc1C. The first-order valence-electron chi connectivity index (χ1n) is 6.07. The summed E-state index contributed by atoms with van der Waals surface area (Å²) in [5.74, 6) is -1.38. The van der Waals surface area contributed by atoms with Crippen molar-refractivity contribution in [2.75, 3.05) is 6.54 Å². The number of aliphatic hydroxyl groups is 1. The molecular weight excluding hydrogens is 266 g/mol. The average Bonchev–Trinajstić information content (AvgIpc) is 2.66. The maximum atomic E-state index is 11.9. The van der Waals surface area contributed by atoms with Crippen molar-refractivity contribution in [2.45, 2.75) is 39.2 Å². The lowest BCUT2D eigenvalue weighted by atomic mass is 10.0. The summed E-state index contributed by atoms with van der Waals surface area (Å²) in [5, 5.41) is 21.0. The summed E-state index contributed by atoms with van der Waals surface area (Å²) < 4.78 is 0. The maximum absolute atomic E-state index is 11.9. The number of carboxylic acids is 1. The number of thiophene rings is 1. The summed E-state index contributed by atoms with van der Waals surface area (Å²) >= 11 is 1.42. The van der Waals surface area contributed by atoms with Crippen molar-refractivity contribution in [1.82, 2.24) is 5.32 Å². The van der Waals surface area contributed by atoms with Crippen molar-refractivity contribution in [3.05, 3.63) is 21.4 Å². The van der Waals surface area contributed by atoms with Gasteiger partial charge in [-0.2, -0.15) is 0 Å². The highest BCUT2D eigenvalue weighted by Gasteiger charge is 2.25. The molecule has 0 aliphatic heterocycles. The molecule has 5 nitrogen and oxygen atoms in total. The number of aryl methyl sites for hydroxylation is 2. The van der Waals surface area contributed by atoms with E-state index in [4.69, 9.17) is 5.11 Å². The van der Waals surface area contributed by atoms with Gasteiger partial charge in [-0.1, -0.05) is 6.92 Å². The van der Waals surface area contributed by atoms with E-state index in [1.807, 2.05) is 19.9 Å². The molecule has 19 heavy (non-hydrogen) atoms.